The number of nitrogens with two attached hydrogens (primary N) is 6. The molecule has 6 aromatic heterocycles. The Morgan fingerprint density at radius 2 is 0.467 bits per heavy atom. The van der Waals surface area contributed by atoms with E-state index in [1.165, 1.54) is 0 Å². The molecule has 36 heteroatoms. The zero-order valence-corrected chi connectivity index (χ0v) is 76.0. The van der Waals surface area contributed by atoms with Crippen LogP contribution >= 0.6 is 0 Å². The molecule has 0 aliphatic rings. The van der Waals surface area contributed by atoms with Crippen molar-refractivity contribution in [3.05, 3.63) is 250 Å². The van der Waals surface area contributed by atoms with Gasteiger partial charge in [-0.3, -0.25) is 59.4 Å². The SMILES string of the molecule is CCc1c(CNC(=O)[C@H](Cc2c[nH]c3ccccc23)NC(=O)[C@H](CCCNC(=N)N)NC(=O)[C@@H](N)Cc2c[nH]c3ccccc23)c(CC)c(CNC(=O)[C@H](Cc2c[nH]c3ccccc23)NC(=O)[C@H](CCCNC(=N)N)NC(=O)[C@@H](N)Cc2c[nH]c3ccccc23)c(CC)c1CNC(=O)[C@H](Cc1c[nH]c2ccccc12)NC(=O)[C@H](CCCNC(=N)N)NC(=O)[C@@H](N)Cc1c[nH]c2ccccc12. The van der Waals surface area contributed by atoms with Crippen molar-refractivity contribution < 1.29 is 43.2 Å². The highest BCUT2D eigenvalue weighted by Gasteiger charge is 2.36. The van der Waals surface area contributed by atoms with Gasteiger partial charge in [-0.05, 0) is 180 Å². The van der Waals surface area contributed by atoms with E-state index in [2.05, 4.69) is 93.7 Å². The minimum Gasteiger partial charge on any atom is -0.370 e. The van der Waals surface area contributed by atoms with Crippen LogP contribution in [-0.4, -0.2) is 175 Å². The highest BCUT2D eigenvalue weighted by Crippen LogP contribution is 2.33. The molecule has 33 N–H and O–H groups in total. The predicted molar refractivity (Wildman–Crippen MR) is 525 cm³/mol. The molecule has 36 nitrogen and oxygen atoms in total. The first-order chi connectivity index (χ1) is 65.2. The Bertz CT molecular complexity index is 5810. The van der Waals surface area contributed by atoms with Gasteiger partial charge in [0.15, 0.2) is 17.9 Å². The molecular formula is C99H123N27O9. The molecule has 0 aliphatic heterocycles. The van der Waals surface area contributed by atoms with E-state index in [9.17, 15) is 14.4 Å². The summed E-state index contributed by atoms with van der Waals surface area (Å²) in [5.41, 5.74) is 50.3. The van der Waals surface area contributed by atoms with Crippen LogP contribution in [0, 0.1) is 16.2 Å². The number of fused-ring (bicyclic) bond motifs is 6. The third kappa shape index (κ3) is 24.9. The summed E-state index contributed by atoms with van der Waals surface area (Å²) >= 11 is 0. The van der Waals surface area contributed by atoms with E-state index in [1.807, 2.05) is 166 Å². The average molecular weight is 1840 g/mol. The number of hydrogen-bond acceptors (Lipinski definition) is 15. The summed E-state index contributed by atoms with van der Waals surface area (Å²) in [7, 11) is 0. The van der Waals surface area contributed by atoms with Crippen molar-refractivity contribution in [2.24, 2.45) is 34.4 Å². The molecule has 9 atom stereocenters. The van der Waals surface area contributed by atoms with Crippen molar-refractivity contribution in [3.63, 3.8) is 0 Å². The lowest BCUT2D eigenvalue weighted by molar-refractivity contribution is -0.132. The molecule has 0 radical (unpaired) electrons. The van der Waals surface area contributed by atoms with Gasteiger partial charge in [0, 0.05) is 161 Å². The van der Waals surface area contributed by atoms with E-state index in [0.29, 0.717) is 69.3 Å². The van der Waals surface area contributed by atoms with Gasteiger partial charge in [-0.15, -0.1) is 0 Å². The molecule has 9 amide bonds. The van der Waals surface area contributed by atoms with Crippen LogP contribution < -0.4 is 98.2 Å². The quantitative estimate of drug-likeness (QED) is 0.0132. The van der Waals surface area contributed by atoms with Crippen LogP contribution in [0.15, 0.2) is 183 Å². The summed E-state index contributed by atoms with van der Waals surface area (Å²) in [4.78, 5) is 156. The highest BCUT2D eigenvalue weighted by atomic mass is 16.2. The van der Waals surface area contributed by atoms with Crippen molar-refractivity contribution in [2.75, 3.05) is 19.6 Å². The normalized spacial score (nSPS) is 13.5. The van der Waals surface area contributed by atoms with Gasteiger partial charge in [-0.25, -0.2) is 0 Å². The molecule has 135 heavy (non-hydrogen) atoms. The van der Waals surface area contributed by atoms with Gasteiger partial charge in [0.25, 0.3) is 0 Å². The Kier molecular flexibility index (Phi) is 33.3. The van der Waals surface area contributed by atoms with Crippen molar-refractivity contribution in [3.8, 4) is 0 Å². The van der Waals surface area contributed by atoms with Gasteiger partial charge in [-0.1, -0.05) is 130 Å². The number of rotatable bonds is 48. The first-order valence-electron chi connectivity index (χ1n) is 45.9. The molecule has 0 unspecified atom stereocenters. The van der Waals surface area contributed by atoms with E-state index < -0.39 is 108 Å². The van der Waals surface area contributed by atoms with Crippen molar-refractivity contribution >= 4 is 136 Å². The van der Waals surface area contributed by atoms with Gasteiger partial charge >= 0.3 is 0 Å². The molecular weight excluding hydrogens is 1710 g/mol. The minimum absolute atomic E-state index is 0.0266. The van der Waals surface area contributed by atoms with Gasteiger partial charge in [0.2, 0.25) is 53.2 Å². The monoisotopic (exact) mass is 1830 g/mol. The van der Waals surface area contributed by atoms with Crippen LogP contribution in [0.2, 0.25) is 0 Å². The minimum atomic E-state index is -1.33. The molecule has 0 spiro atoms. The molecule has 0 bridgehead atoms. The second-order valence-electron chi connectivity index (χ2n) is 34.1. The van der Waals surface area contributed by atoms with E-state index in [1.54, 1.807) is 37.2 Å². The summed E-state index contributed by atoms with van der Waals surface area (Å²) in [5, 5.41) is 64.3. The van der Waals surface area contributed by atoms with Crippen molar-refractivity contribution in [1.29, 1.82) is 16.2 Å². The molecule has 7 aromatic carbocycles. The third-order valence-electron chi connectivity index (χ3n) is 25.0. The van der Waals surface area contributed by atoms with Crippen LogP contribution in [0.25, 0.3) is 65.4 Å². The fourth-order valence-corrected chi connectivity index (χ4v) is 18.0. The standard InChI is InChI=1S/C99H123N27O9/c1-4-61-70(52-118-91(130)85(43-58-49-115-79-31-16-10-25-67(58)79)124-94(133)82(34-19-37-109-97(103)104)121-88(127)73(100)40-55-46-112-76-28-13-7-22-64(55)76)62(5-2)72(54-120-93(132)87(45-60-51-117-81-33-18-12-27-69(60)81)126-96(135)84(36-21-39-111-99(107)108)123-90(129)75(102)42-57-48-114-78-30-15-9-24-66(57)78)63(6-3)71(61)53-119-92(131)86(44-59-50-116-80-32-17-11-26-68(59)80)125-95(134)83(35-20-38-110-98(105)106)122-89(128)74(101)41-56-47-113-77-29-14-8-23-65(56)77/h7-18,22-33,46-51,73-75,82-87,112-117H,4-6,19-21,34-45,52-54,100-102H2,1-3H3,(H,118,130)(H,119,131)(H,120,132)(H,121,127)(H,122,128)(H,123,129)(H,124,133)(H,125,134)(H,126,135)(H4,103,104,109)(H4,105,106,110)(H4,107,108,111)/t73-,74-,75-,82-,83-,84-,85-,86-,87-/m0/s1. The highest BCUT2D eigenvalue weighted by molar-refractivity contribution is 5.99. The molecule has 0 saturated heterocycles. The van der Waals surface area contributed by atoms with Gasteiger partial charge < -0.3 is 128 Å². The number of hydrogen-bond donors (Lipinski definition) is 27. The van der Waals surface area contributed by atoms with Gasteiger partial charge in [0.05, 0.1) is 18.1 Å². The van der Waals surface area contributed by atoms with Gasteiger partial charge in [0.1, 0.15) is 36.3 Å². The summed E-state index contributed by atoms with van der Waals surface area (Å²) in [6.45, 7) is 5.72. The molecule has 0 aliphatic carbocycles. The fraction of sp³-hybridized carbons (Fsp3) is 0.333. The predicted octanol–water partition coefficient (Wildman–Crippen LogP) is 5.25. The maximum absolute atomic E-state index is 15.9. The molecule has 13 rings (SSSR count). The Morgan fingerprint density at radius 3 is 0.674 bits per heavy atom. The summed E-state index contributed by atoms with van der Waals surface area (Å²) in [5.74, 6) is -6.78. The smallest absolute Gasteiger partial charge is 0.243 e. The molecule has 0 fully saturated rings. The van der Waals surface area contributed by atoms with E-state index in [0.717, 1.165) is 82.1 Å². The summed E-state index contributed by atoms with van der Waals surface area (Å²) in [6.07, 6.45) is 12.5. The summed E-state index contributed by atoms with van der Waals surface area (Å²) < 4.78 is 0. The van der Waals surface area contributed by atoms with Crippen molar-refractivity contribution in [2.45, 2.75) is 191 Å². The lowest BCUT2D eigenvalue weighted by Crippen LogP contribution is -2.56. The average Bonchev–Trinajstić information content (AvgIpc) is 1.72. The maximum atomic E-state index is 15.9. The van der Waals surface area contributed by atoms with Crippen LogP contribution in [0.4, 0.5) is 0 Å². The molecule has 13 aromatic rings. The number of carbonyl (C=O) groups excluding carboxylic acids is 9. The van der Waals surface area contributed by atoms with Crippen LogP contribution in [0.5, 0.6) is 0 Å². The van der Waals surface area contributed by atoms with Gasteiger partial charge in [-0.2, -0.15) is 0 Å². The Morgan fingerprint density at radius 1 is 0.267 bits per heavy atom. The van der Waals surface area contributed by atoms with Crippen LogP contribution in [-0.2, 0) is 121 Å². The number of benzene rings is 7. The number of aromatic nitrogens is 6. The lowest BCUT2D eigenvalue weighted by atomic mass is 9.83. The maximum Gasteiger partial charge on any atom is 0.243 e. The second kappa shape index (κ2) is 46.2. The van der Waals surface area contributed by atoms with Crippen molar-refractivity contribution in [1.82, 2.24) is 93.7 Å². The molecule has 0 saturated carbocycles. The zero-order valence-electron chi connectivity index (χ0n) is 76.0. The largest absolute Gasteiger partial charge is 0.370 e. The molecule has 708 valence electrons. The van der Waals surface area contributed by atoms with E-state index in [-0.39, 0.29) is 134 Å². The number of aromatic amines is 6. The first kappa shape index (κ1) is 97.2. The zero-order chi connectivity index (χ0) is 95.8. The fourth-order valence-electron chi connectivity index (χ4n) is 18.0. The van der Waals surface area contributed by atoms with Crippen LogP contribution in [0.3, 0.4) is 0 Å². The number of nitrogens with one attached hydrogen (secondary N) is 21. The Labute approximate surface area is 780 Å². The Balaban J connectivity index is 0.853. The van der Waals surface area contributed by atoms with Crippen LogP contribution in [0.1, 0.15) is 126 Å². The Hall–Kier alpha value is -15.3. The number of amides is 9. The topological polar surface area (TPSA) is 620 Å². The number of H-pyrrole nitrogens is 6. The number of para-hydroxylation sites is 6. The lowest BCUT2D eigenvalue weighted by Gasteiger charge is -2.29. The van der Waals surface area contributed by atoms with E-state index in [4.69, 9.17) is 50.6 Å². The number of guanidine groups is 3. The second-order valence-corrected chi connectivity index (χ2v) is 34.1. The number of carbonyl (C=O) groups is 9. The first-order valence-corrected chi connectivity index (χ1v) is 45.9. The third-order valence-corrected chi connectivity index (χ3v) is 25.0. The summed E-state index contributed by atoms with van der Waals surface area (Å²) in [6, 6.07) is 34.2. The van der Waals surface area contributed by atoms with E-state index >= 15 is 28.8 Å². The molecule has 6 heterocycles.